The van der Waals surface area contributed by atoms with Gasteiger partial charge >= 0.3 is 0 Å². The van der Waals surface area contributed by atoms with Crippen molar-refractivity contribution in [3.8, 4) is 0 Å². The van der Waals surface area contributed by atoms with Gasteiger partial charge in [-0.3, -0.25) is 5.01 Å². The molecule has 0 saturated heterocycles. The molecule has 2 aliphatic rings. The topological polar surface area (TPSA) is 44.5 Å². The predicted molar refractivity (Wildman–Crippen MR) is 112 cm³/mol. The summed E-state index contributed by atoms with van der Waals surface area (Å²) >= 11 is 0. The molecule has 1 saturated carbocycles. The molecule has 0 bridgehead atoms. The number of fused-ring (bicyclic) bond motifs is 1. The van der Waals surface area contributed by atoms with E-state index < -0.39 is 0 Å². The van der Waals surface area contributed by atoms with E-state index in [9.17, 15) is 0 Å². The van der Waals surface area contributed by atoms with Gasteiger partial charge in [-0.05, 0) is 67.2 Å². The number of rotatable bonds is 5. The second-order valence-corrected chi connectivity index (χ2v) is 7.08. The van der Waals surface area contributed by atoms with Gasteiger partial charge in [-0.1, -0.05) is 18.7 Å². The van der Waals surface area contributed by atoms with Gasteiger partial charge in [0.25, 0.3) is 0 Å². The standard InChI is InChI=1S/C22H26N4/c1-4-26-22-11-10-19(13-20(22)21(14-24-26)16-8-9-16)25(3)15(2)17-6-5-7-18(23)12-17/h5-7,10-14,16,24H,2,4,8-9,23H2,1,3H3. The first-order valence-electron chi connectivity index (χ1n) is 9.25. The van der Waals surface area contributed by atoms with E-state index in [1.54, 1.807) is 0 Å². The van der Waals surface area contributed by atoms with E-state index in [0.29, 0.717) is 5.92 Å². The first kappa shape index (κ1) is 16.6. The molecule has 0 spiro atoms. The summed E-state index contributed by atoms with van der Waals surface area (Å²) in [6, 6.07) is 14.5. The van der Waals surface area contributed by atoms with E-state index in [1.165, 1.54) is 29.7 Å². The summed E-state index contributed by atoms with van der Waals surface area (Å²) in [5.41, 5.74) is 17.2. The van der Waals surface area contributed by atoms with Crippen LogP contribution in [0.15, 0.2) is 55.2 Å². The van der Waals surface area contributed by atoms with E-state index in [-0.39, 0.29) is 0 Å². The molecule has 4 rings (SSSR count). The van der Waals surface area contributed by atoms with Crippen molar-refractivity contribution in [1.82, 2.24) is 5.43 Å². The molecule has 1 aliphatic heterocycles. The second-order valence-electron chi connectivity index (χ2n) is 7.08. The molecule has 0 aromatic heterocycles. The number of nitrogens with one attached hydrogen (secondary N) is 1. The molecule has 0 amide bonds. The van der Waals surface area contributed by atoms with Crippen molar-refractivity contribution in [3.63, 3.8) is 0 Å². The van der Waals surface area contributed by atoms with Crippen molar-refractivity contribution in [2.45, 2.75) is 19.8 Å². The van der Waals surface area contributed by atoms with Crippen LogP contribution in [-0.4, -0.2) is 13.6 Å². The largest absolute Gasteiger partial charge is 0.399 e. The average molecular weight is 346 g/mol. The number of nitrogens with two attached hydrogens (primary N) is 1. The van der Waals surface area contributed by atoms with Crippen LogP contribution in [0.2, 0.25) is 0 Å². The lowest BCUT2D eigenvalue weighted by molar-refractivity contribution is 0.749. The summed E-state index contributed by atoms with van der Waals surface area (Å²) in [7, 11) is 2.06. The Labute approximate surface area is 155 Å². The van der Waals surface area contributed by atoms with Crippen molar-refractivity contribution in [2.75, 3.05) is 29.2 Å². The molecule has 1 aliphatic carbocycles. The molecule has 134 valence electrons. The number of hydrogen-bond donors (Lipinski definition) is 2. The summed E-state index contributed by atoms with van der Waals surface area (Å²) in [5, 5.41) is 2.19. The average Bonchev–Trinajstić information content (AvgIpc) is 3.50. The molecular formula is C22H26N4. The van der Waals surface area contributed by atoms with Crippen molar-refractivity contribution in [2.24, 2.45) is 5.92 Å². The smallest absolute Gasteiger partial charge is 0.0648 e. The normalized spacial score (nSPS) is 15.8. The molecule has 0 radical (unpaired) electrons. The summed E-state index contributed by atoms with van der Waals surface area (Å²) in [5.74, 6) is 0.693. The number of nitrogens with zero attached hydrogens (tertiary/aromatic N) is 2. The van der Waals surface area contributed by atoms with Gasteiger partial charge < -0.3 is 16.1 Å². The number of hydrogen-bond acceptors (Lipinski definition) is 4. The molecule has 2 aromatic carbocycles. The third-order valence-corrected chi connectivity index (χ3v) is 5.30. The van der Waals surface area contributed by atoms with Crippen molar-refractivity contribution in [1.29, 1.82) is 0 Å². The number of benzene rings is 2. The zero-order chi connectivity index (χ0) is 18.3. The Kier molecular flexibility index (Phi) is 4.11. The highest BCUT2D eigenvalue weighted by molar-refractivity contribution is 5.86. The van der Waals surface area contributed by atoms with Crippen LogP contribution in [0.5, 0.6) is 0 Å². The minimum absolute atomic E-state index is 0.693. The van der Waals surface area contributed by atoms with Crippen LogP contribution < -0.4 is 21.1 Å². The Morgan fingerprint density at radius 3 is 2.77 bits per heavy atom. The van der Waals surface area contributed by atoms with Gasteiger partial charge in [0.1, 0.15) is 0 Å². The lowest BCUT2D eigenvalue weighted by Crippen LogP contribution is -2.37. The van der Waals surface area contributed by atoms with Crippen LogP contribution in [0.3, 0.4) is 0 Å². The number of allylic oxidation sites excluding steroid dienone is 1. The van der Waals surface area contributed by atoms with Crippen LogP contribution in [0.1, 0.15) is 30.9 Å². The predicted octanol–water partition coefficient (Wildman–Crippen LogP) is 4.47. The molecular weight excluding hydrogens is 320 g/mol. The monoisotopic (exact) mass is 346 g/mol. The highest BCUT2D eigenvalue weighted by atomic mass is 15.5. The highest BCUT2D eigenvalue weighted by Crippen LogP contribution is 2.46. The van der Waals surface area contributed by atoms with Crippen LogP contribution in [-0.2, 0) is 0 Å². The number of hydrazine groups is 1. The fourth-order valence-corrected chi connectivity index (χ4v) is 3.56. The summed E-state index contributed by atoms with van der Waals surface area (Å²) in [6.07, 6.45) is 4.75. The minimum atomic E-state index is 0.693. The molecule has 1 heterocycles. The first-order valence-corrected chi connectivity index (χ1v) is 9.25. The summed E-state index contributed by atoms with van der Waals surface area (Å²) in [4.78, 5) is 2.14. The maximum atomic E-state index is 5.94. The molecule has 0 unspecified atom stereocenters. The summed E-state index contributed by atoms with van der Waals surface area (Å²) < 4.78 is 0. The van der Waals surface area contributed by atoms with Crippen LogP contribution in [0.25, 0.3) is 11.3 Å². The van der Waals surface area contributed by atoms with Crippen LogP contribution in [0.4, 0.5) is 17.1 Å². The van der Waals surface area contributed by atoms with Gasteiger partial charge in [0, 0.05) is 42.4 Å². The summed E-state index contributed by atoms with van der Waals surface area (Å²) in [6.45, 7) is 7.37. The van der Waals surface area contributed by atoms with Gasteiger partial charge in [-0.2, -0.15) is 0 Å². The number of nitrogen functional groups attached to an aromatic ring is 1. The zero-order valence-electron chi connectivity index (χ0n) is 15.5. The van der Waals surface area contributed by atoms with Gasteiger partial charge in [-0.25, -0.2) is 0 Å². The van der Waals surface area contributed by atoms with Gasteiger partial charge in [0.05, 0.1) is 5.69 Å². The Morgan fingerprint density at radius 2 is 2.08 bits per heavy atom. The molecule has 0 atom stereocenters. The lowest BCUT2D eigenvalue weighted by Gasteiger charge is -2.32. The second kappa shape index (κ2) is 6.45. The maximum absolute atomic E-state index is 5.94. The Morgan fingerprint density at radius 1 is 1.27 bits per heavy atom. The molecule has 26 heavy (non-hydrogen) atoms. The van der Waals surface area contributed by atoms with E-state index in [2.05, 4.69) is 60.3 Å². The first-order chi connectivity index (χ1) is 12.6. The van der Waals surface area contributed by atoms with Crippen molar-refractivity contribution < 1.29 is 0 Å². The molecule has 3 N–H and O–H groups in total. The van der Waals surface area contributed by atoms with Gasteiger partial charge in [-0.15, -0.1) is 0 Å². The number of anilines is 3. The zero-order valence-corrected chi connectivity index (χ0v) is 15.5. The van der Waals surface area contributed by atoms with Crippen molar-refractivity contribution in [3.05, 3.63) is 66.4 Å². The van der Waals surface area contributed by atoms with Gasteiger partial charge in [0.15, 0.2) is 0 Å². The maximum Gasteiger partial charge on any atom is 0.0648 e. The third kappa shape index (κ3) is 2.92. The molecule has 4 nitrogen and oxygen atoms in total. The fraction of sp³-hybridized carbons (Fsp3) is 0.273. The lowest BCUT2D eigenvalue weighted by atomic mass is 9.97. The van der Waals surface area contributed by atoms with E-state index in [4.69, 9.17) is 5.73 Å². The minimum Gasteiger partial charge on any atom is -0.399 e. The molecule has 2 aromatic rings. The van der Waals surface area contributed by atoms with Crippen LogP contribution >= 0.6 is 0 Å². The fourth-order valence-electron chi connectivity index (χ4n) is 3.56. The quantitative estimate of drug-likeness (QED) is 0.784. The highest BCUT2D eigenvalue weighted by Gasteiger charge is 2.31. The van der Waals surface area contributed by atoms with E-state index >= 15 is 0 Å². The molecule has 1 fully saturated rings. The third-order valence-electron chi connectivity index (χ3n) is 5.30. The van der Waals surface area contributed by atoms with Crippen molar-refractivity contribution >= 4 is 28.3 Å². The Bertz CT molecular complexity index is 879. The van der Waals surface area contributed by atoms with E-state index in [0.717, 1.165) is 29.2 Å². The van der Waals surface area contributed by atoms with E-state index in [1.807, 2.05) is 24.3 Å². The Balaban J connectivity index is 1.69. The van der Waals surface area contributed by atoms with Gasteiger partial charge in [0.2, 0.25) is 0 Å². The Hall–Kier alpha value is -2.88. The van der Waals surface area contributed by atoms with Crippen LogP contribution in [0, 0.1) is 5.92 Å². The molecule has 4 heteroatoms. The SMILES string of the molecule is C=C(c1cccc(N)c1)N(C)c1ccc2c(c1)C(C1CC1)=CNN2CC.